The van der Waals surface area contributed by atoms with Gasteiger partial charge < -0.3 is 14.0 Å². The number of ether oxygens (including phenoxy) is 1. The molecule has 4 heteroatoms. The second-order valence-corrected chi connectivity index (χ2v) is 7.31. The van der Waals surface area contributed by atoms with Crippen LogP contribution in [-0.2, 0) is 22.2 Å². The van der Waals surface area contributed by atoms with Gasteiger partial charge in [-0.2, -0.15) is 0 Å². The lowest BCUT2D eigenvalue weighted by molar-refractivity contribution is 0.00578. The van der Waals surface area contributed by atoms with Crippen LogP contribution in [0.25, 0.3) is 0 Å². The zero-order valence-electron chi connectivity index (χ0n) is 14.9. The third-order valence-electron chi connectivity index (χ3n) is 4.88. The van der Waals surface area contributed by atoms with Crippen molar-refractivity contribution in [3.05, 3.63) is 65.7 Å². The first kappa shape index (κ1) is 17.1. The van der Waals surface area contributed by atoms with Crippen LogP contribution >= 0.6 is 0 Å². The van der Waals surface area contributed by atoms with E-state index in [0.717, 1.165) is 12.1 Å². The van der Waals surface area contributed by atoms with Crippen LogP contribution in [0.3, 0.4) is 0 Å². The van der Waals surface area contributed by atoms with Gasteiger partial charge in [0, 0.05) is 6.32 Å². The van der Waals surface area contributed by atoms with E-state index in [1.54, 1.807) is 0 Å². The maximum Gasteiger partial charge on any atom is 0.462 e. The van der Waals surface area contributed by atoms with E-state index in [1.165, 1.54) is 11.1 Å². The molecule has 0 saturated carbocycles. The predicted octanol–water partition coefficient (Wildman–Crippen LogP) is 4.44. The molecule has 0 spiro atoms. The van der Waals surface area contributed by atoms with Crippen LogP contribution in [0.15, 0.2) is 54.6 Å². The van der Waals surface area contributed by atoms with Crippen molar-refractivity contribution >= 4 is 7.12 Å². The van der Waals surface area contributed by atoms with Gasteiger partial charge in [0.1, 0.15) is 12.4 Å². The first-order valence-electron chi connectivity index (χ1n) is 8.47. The Balaban J connectivity index is 1.55. The van der Waals surface area contributed by atoms with Crippen molar-refractivity contribution in [1.82, 2.24) is 0 Å². The number of benzene rings is 2. The zero-order valence-corrected chi connectivity index (χ0v) is 14.9. The molecule has 0 bridgehead atoms. The maximum atomic E-state index is 6.05. The minimum atomic E-state index is -0.281. The number of hydrogen-bond acceptors (Lipinski definition) is 3. The largest absolute Gasteiger partial charge is 0.489 e. The van der Waals surface area contributed by atoms with Gasteiger partial charge in [0.2, 0.25) is 0 Å². The standard InChI is InChI=1S/C20H25BO3/c1-19(2)20(3,4)24-21(23-19)14-16-10-12-18(13-11-16)22-15-17-8-6-5-7-9-17/h5-13H,14-15H2,1-4H3. The third-order valence-corrected chi connectivity index (χ3v) is 4.88. The van der Waals surface area contributed by atoms with Crippen LogP contribution in [0, 0.1) is 0 Å². The number of hydrogen-bond donors (Lipinski definition) is 0. The predicted molar refractivity (Wildman–Crippen MR) is 97.0 cm³/mol. The van der Waals surface area contributed by atoms with Crippen LogP contribution < -0.4 is 4.74 Å². The lowest BCUT2D eigenvalue weighted by Gasteiger charge is -2.32. The van der Waals surface area contributed by atoms with Crippen LogP contribution in [-0.4, -0.2) is 18.3 Å². The lowest BCUT2D eigenvalue weighted by Crippen LogP contribution is -2.41. The van der Waals surface area contributed by atoms with Gasteiger partial charge in [-0.25, -0.2) is 0 Å². The van der Waals surface area contributed by atoms with E-state index in [2.05, 4.69) is 52.0 Å². The molecule has 3 rings (SSSR count). The van der Waals surface area contributed by atoms with E-state index in [4.69, 9.17) is 14.0 Å². The molecule has 1 fully saturated rings. The fourth-order valence-corrected chi connectivity index (χ4v) is 2.70. The van der Waals surface area contributed by atoms with Gasteiger partial charge in [0.25, 0.3) is 0 Å². The highest BCUT2D eigenvalue weighted by molar-refractivity contribution is 6.45. The van der Waals surface area contributed by atoms with Crippen molar-refractivity contribution in [2.45, 2.75) is 51.8 Å². The SMILES string of the molecule is CC1(C)OB(Cc2ccc(OCc3ccccc3)cc2)OC1(C)C. The molecule has 0 aliphatic carbocycles. The Hall–Kier alpha value is -1.78. The van der Waals surface area contributed by atoms with Gasteiger partial charge in [-0.1, -0.05) is 42.5 Å². The quantitative estimate of drug-likeness (QED) is 0.761. The highest BCUT2D eigenvalue weighted by Gasteiger charge is 2.50. The van der Waals surface area contributed by atoms with Gasteiger partial charge in [0.05, 0.1) is 11.2 Å². The molecule has 2 aromatic rings. The Bertz CT molecular complexity index is 649. The Labute approximate surface area is 145 Å². The summed E-state index contributed by atoms with van der Waals surface area (Å²) in [7, 11) is -0.203. The van der Waals surface area contributed by atoms with Crippen LogP contribution in [0.1, 0.15) is 38.8 Å². The minimum absolute atomic E-state index is 0.203. The maximum absolute atomic E-state index is 6.05. The van der Waals surface area contributed by atoms with E-state index in [1.807, 2.05) is 30.3 Å². The molecule has 0 N–H and O–H groups in total. The lowest BCUT2D eigenvalue weighted by atomic mass is 9.81. The molecule has 3 nitrogen and oxygen atoms in total. The molecule has 24 heavy (non-hydrogen) atoms. The molecule has 0 amide bonds. The molecular weight excluding hydrogens is 299 g/mol. The fourth-order valence-electron chi connectivity index (χ4n) is 2.70. The average Bonchev–Trinajstić information content (AvgIpc) is 2.74. The highest BCUT2D eigenvalue weighted by atomic mass is 16.7. The Morgan fingerprint density at radius 2 is 1.38 bits per heavy atom. The smallest absolute Gasteiger partial charge is 0.462 e. The van der Waals surface area contributed by atoms with Gasteiger partial charge in [-0.3, -0.25) is 0 Å². The topological polar surface area (TPSA) is 27.7 Å². The van der Waals surface area contributed by atoms with Crippen LogP contribution in [0.4, 0.5) is 0 Å². The summed E-state index contributed by atoms with van der Waals surface area (Å²) in [5.41, 5.74) is 1.78. The van der Waals surface area contributed by atoms with Crippen molar-refractivity contribution < 1.29 is 14.0 Å². The van der Waals surface area contributed by atoms with Gasteiger partial charge in [0.15, 0.2) is 0 Å². The van der Waals surface area contributed by atoms with E-state index in [0.29, 0.717) is 6.61 Å². The number of rotatable bonds is 5. The van der Waals surface area contributed by atoms with Crippen LogP contribution in [0.5, 0.6) is 5.75 Å². The molecule has 0 atom stereocenters. The van der Waals surface area contributed by atoms with Gasteiger partial charge in [-0.05, 0) is 51.0 Å². The summed E-state index contributed by atoms with van der Waals surface area (Å²) in [6, 6.07) is 18.3. The molecule has 2 aromatic carbocycles. The van der Waals surface area contributed by atoms with Crippen molar-refractivity contribution in [1.29, 1.82) is 0 Å². The summed E-state index contributed by atoms with van der Waals surface area (Å²) in [5.74, 6) is 0.872. The van der Waals surface area contributed by atoms with Gasteiger partial charge >= 0.3 is 7.12 Å². The summed E-state index contributed by atoms with van der Waals surface area (Å²) in [6.07, 6.45) is 0.742. The second-order valence-electron chi connectivity index (χ2n) is 7.31. The summed E-state index contributed by atoms with van der Waals surface area (Å²) < 4.78 is 17.9. The zero-order chi connectivity index (χ0) is 17.2. The van der Waals surface area contributed by atoms with Crippen molar-refractivity contribution in [2.75, 3.05) is 0 Å². The Morgan fingerprint density at radius 3 is 1.96 bits per heavy atom. The highest BCUT2D eigenvalue weighted by Crippen LogP contribution is 2.37. The molecular formula is C20H25BO3. The van der Waals surface area contributed by atoms with Crippen LogP contribution in [0.2, 0.25) is 0 Å². The second kappa shape index (κ2) is 6.62. The Morgan fingerprint density at radius 1 is 0.792 bits per heavy atom. The van der Waals surface area contributed by atoms with Crippen molar-refractivity contribution in [3.63, 3.8) is 0 Å². The average molecular weight is 324 g/mol. The van der Waals surface area contributed by atoms with E-state index >= 15 is 0 Å². The minimum Gasteiger partial charge on any atom is -0.489 e. The molecule has 1 heterocycles. The van der Waals surface area contributed by atoms with E-state index in [-0.39, 0.29) is 18.3 Å². The molecule has 126 valence electrons. The first-order valence-corrected chi connectivity index (χ1v) is 8.47. The van der Waals surface area contributed by atoms with E-state index < -0.39 is 0 Å². The van der Waals surface area contributed by atoms with Crippen molar-refractivity contribution in [2.24, 2.45) is 0 Å². The molecule has 1 aliphatic heterocycles. The fraction of sp³-hybridized carbons (Fsp3) is 0.400. The third kappa shape index (κ3) is 3.82. The molecule has 1 aliphatic rings. The first-order chi connectivity index (χ1) is 11.4. The summed E-state index contributed by atoms with van der Waals surface area (Å²) in [4.78, 5) is 0. The van der Waals surface area contributed by atoms with E-state index in [9.17, 15) is 0 Å². The van der Waals surface area contributed by atoms with Crippen molar-refractivity contribution in [3.8, 4) is 5.75 Å². The molecule has 0 radical (unpaired) electrons. The summed E-state index contributed by atoms with van der Waals surface area (Å²) >= 11 is 0. The summed E-state index contributed by atoms with van der Waals surface area (Å²) in [5, 5.41) is 0. The Kier molecular flexibility index (Phi) is 4.70. The normalized spacial score (nSPS) is 18.6. The molecule has 1 saturated heterocycles. The van der Waals surface area contributed by atoms with Gasteiger partial charge in [-0.15, -0.1) is 0 Å². The molecule has 0 unspecified atom stereocenters. The monoisotopic (exact) mass is 324 g/mol. The summed E-state index contributed by atoms with van der Waals surface area (Å²) in [6.45, 7) is 8.89. The molecule has 0 aromatic heterocycles.